The lowest BCUT2D eigenvalue weighted by Crippen LogP contribution is -2.38. The number of nitrogens with one attached hydrogen (secondary N) is 2. The van der Waals surface area contributed by atoms with E-state index < -0.39 is 0 Å². The number of urea groups is 1. The summed E-state index contributed by atoms with van der Waals surface area (Å²) in [6, 6.07) is 8.74. The summed E-state index contributed by atoms with van der Waals surface area (Å²) >= 11 is 0. The Bertz CT molecular complexity index is 501. The molecule has 1 aliphatic rings. The number of amides is 2. The van der Waals surface area contributed by atoms with Crippen molar-refractivity contribution in [3.63, 3.8) is 0 Å². The average molecular weight is 272 g/mol. The highest BCUT2D eigenvalue weighted by atomic mass is 16.2. The molecule has 0 spiro atoms. The predicted molar refractivity (Wildman–Crippen MR) is 78.4 cm³/mol. The molecule has 1 fully saturated rings. The minimum Gasteiger partial charge on any atom is -0.338 e. The van der Waals surface area contributed by atoms with Crippen molar-refractivity contribution in [3.8, 4) is 6.07 Å². The number of rotatable bonds is 3. The van der Waals surface area contributed by atoms with Gasteiger partial charge in [0.05, 0.1) is 11.6 Å². The third kappa shape index (κ3) is 4.25. The zero-order valence-corrected chi connectivity index (χ0v) is 11.7. The van der Waals surface area contributed by atoms with E-state index in [1.807, 2.05) is 0 Å². The van der Waals surface area contributed by atoms with Gasteiger partial charge in [-0.3, -0.25) is 0 Å². The van der Waals surface area contributed by atoms with Gasteiger partial charge in [0.1, 0.15) is 0 Å². The van der Waals surface area contributed by atoms with Crippen LogP contribution in [0.3, 0.4) is 0 Å². The molecule has 0 aliphatic carbocycles. The van der Waals surface area contributed by atoms with Crippen molar-refractivity contribution >= 4 is 11.7 Å². The number of hydrogen-bond donors (Lipinski definition) is 2. The molecule has 1 aromatic rings. The van der Waals surface area contributed by atoms with Gasteiger partial charge >= 0.3 is 6.03 Å². The highest BCUT2D eigenvalue weighted by Crippen LogP contribution is 2.15. The molecule has 2 amide bonds. The van der Waals surface area contributed by atoms with Crippen LogP contribution < -0.4 is 10.6 Å². The smallest absolute Gasteiger partial charge is 0.319 e. The third-order valence-corrected chi connectivity index (χ3v) is 3.64. The quantitative estimate of drug-likeness (QED) is 0.884. The van der Waals surface area contributed by atoms with Crippen LogP contribution in [0.15, 0.2) is 24.3 Å². The Balaban J connectivity index is 1.76. The predicted octanol–water partition coefficient (Wildman–Crippen LogP) is 2.02. The van der Waals surface area contributed by atoms with Gasteiger partial charge in [0, 0.05) is 12.2 Å². The van der Waals surface area contributed by atoms with Gasteiger partial charge in [-0.15, -0.1) is 0 Å². The number of nitriles is 1. The lowest BCUT2D eigenvalue weighted by atomic mass is 9.97. The van der Waals surface area contributed by atoms with E-state index in [1.165, 1.54) is 0 Å². The Labute approximate surface area is 119 Å². The maximum absolute atomic E-state index is 11.8. The molecule has 20 heavy (non-hydrogen) atoms. The minimum atomic E-state index is -0.209. The fourth-order valence-electron chi connectivity index (χ4n) is 2.35. The second-order valence-corrected chi connectivity index (χ2v) is 5.27. The molecule has 2 N–H and O–H groups in total. The highest BCUT2D eigenvalue weighted by molar-refractivity contribution is 5.89. The van der Waals surface area contributed by atoms with Crippen molar-refractivity contribution in [3.05, 3.63) is 29.8 Å². The molecule has 1 aromatic carbocycles. The monoisotopic (exact) mass is 272 g/mol. The summed E-state index contributed by atoms with van der Waals surface area (Å²) in [7, 11) is 2.12. The number of piperidine rings is 1. The number of carbonyl (C=O) groups is 1. The Morgan fingerprint density at radius 2 is 2.20 bits per heavy atom. The lowest BCUT2D eigenvalue weighted by Gasteiger charge is -2.28. The maximum Gasteiger partial charge on any atom is 0.319 e. The Morgan fingerprint density at radius 3 is 2.90 bits per heavy atom. The SMILES string of the molecule is CN1CCC(CNC(=O)Nc2cccc(C#N)c2)CC1. The van der Waals surface area contributed by atoms with E-state index in [4.69, 9.17) is 5.26 Å². The average Bonchev–Trinajstić information content (AvgIpc) is 2.47. The van der Waals surface area contributed by atoms with Crippen molar-refractivity contribution in [2.45, 2.75) is 12.8 Å². The zero-order valence-electron chi connectivity index (χ0n) is 11.7. The van der Waals surface area contributed by atoms with Crippen LogP contribution >= 0.6 is 0 Å². The number of anilines is 1. The number of carbonyl (C=O) groups excluding carboxylic acids is 1. The zero-order chi connectivity index (χ0) is 14.4. The minimum absolute atomic E-state index is 0.209. The maximum atomic E-state index is 11.8. The molecule has 106 valence electrons. The van der Waals surface area contributed by atoms with Crippen LogP contribution in [0.25, 0.3) is 0 Å². The van der Waals surface area contributed by atoms with Crippen molar-refractivity contribution in [1.82, 2.24) is 10.2 Å². The topological polar surface area (TPSA) is 68.2 Å². The second kappa shape index (κ2) is 6.92. The molecule has 0 atom stereocenters. The Kier molecular flexibility index (Phi) is 4.97. The van der Waals surface area contributed by atoms with Gasteiger partial charge in [-0.25, -0.2) is 4.79 Å². The molecule has 5 nitrogen and oxygen atoms in total. The van der Waals surface area contributed by atoms with Gasteiger partial charge in [-0.05, 0) is 57.1 Å². The molecular weight excluding hydrogens is 252 g/mol. The number of hydrogen-bond acceptors (Lipinski definition) is 3. The van der Waals surface area contributed by atoms with Crippen molar-refractivity contribution in [1.29, 1.82) is 5.26 Å². The van der Waals surface area contributed by atoms with Gasteiger partial charge < -0.3 is 15.5 Å². The van der Waals surface area contributed by atoms with E-state index in [-0.39, 0.29) is 6.03 Å². The summed E-state index contributed by atoms with van der Waals surface area (Å²) in [6.07, 6.45) is 2.25. The molecular formula is C15H20N4O. The van der Waals surface area contributed by atoms with E-state index >= 15 is 0 Å². The van der Waals surface area contributed by atoms with E-state index in [9.17, 15) is 4.79 Å². The van der Waals surface area contributed by atoms with Gasteiger partial charge in [-0.2, -0.15) is 5.26 Å². The van der Waals surface area contributed by atoms with Crippen LogP contribution in [0.5, 0.6) is 0 Å². The first kappa shape index (κ1) is 14.4. The number of nitrogens with zero attached hydrogens (tertiary/aromatic N) is 2. The number of likely N-dealkylation sites (tertiary alicyclic amines) is 1. The second-order valence-electron chi connectivity index (χ2n) is 5.27. The van der Waals surface area contributed by atoms with E-state index in [2.05, 4.69) is 28.7 Å². The van der Waals surface area contributed by atoms with E-state index in [1.54, 1.807) is 24.3 Å². The molecule has 0 bridgehead atoms. The lowest BCUT2D eigenvalue weighted by molar-refractivity contribution is 0.213. The molecule has 1 aliphatic heterocycles. The van der Waals surface area contributed by atoms with E-state index in [0.29, 0.717) is 23.7 Å². The Morgan fingerprint density at radius 1 is 1.45 bits per heavy atom. The molecule has 0 saturated carbocycles. The fraction of sp³-hybridized carbons (Fsp3) is 0.467. The molecule has 1 heterocycles. The molecule has 2 rings (SSSR count). The van der Waals surface area contributed by atoms with Crippen molar-refractivity contribution in [2.75, 3.05) is 32.0 Å². The van der Waals surface area contributed by atoms with E-state index in [0.717, 1.165) is 25.9 Å². The molecule has 1 saturated heterocycles. The normalized spacial score (nSPS) is 16.4. The van der Waals surface area contributed by atoms with Crippen LogP contribution in [0.2, 0.25) is 0 Å². The van der Waals surface area contributed by atoms with Crippen molar-refractivity contribution in [2.24, 2.45) is 5.92 Å². The van der Waals surface area contributed by atoms with Crippen LogP contribution in [-0.4, -0.2) is 37.6 Å². The standard InChI is InChI=1S/C15H20N4O/c1-19-7-5-12(6-8-19)11-17-15(20)18-14-4-2-3-13(9-14)10-16/h2-4,9,12H,5-8,11H2,1H3,(H2,17,18,20). The summed E-state index contributed by atoms with van der Waals surface area (Å²) < 4.78 is 0. The first-order valence-electron chi connectivity index (χ1n) is 6.91. The van der Waals surface area contributed by atoms with Gasteiger partial charge in [0.25, 0.3) is 0 Å². The van der Waals surface area contributed by atoms with Crippen LogP contribution in [0.4, 0.5) is 10.5 Å². The fourth-order valence-corrected chi connectivity index (χ4v) is 2.35. The highest BCUT2D eigenvalue weighted by Gasteiger charge is 2.17. The van der Waals surface area contributed by atoms with Gasteiger partial charge in [0.15, 0.2) is 0 Å². The van der Waals surface area contributed by atoms with Crippen LogP contribution in [0, 0.1) is 17.2 Å². The summed E-state index contributed by atoms with van der Waals surface area (Å²) in [5.74, 6) is 0.558. The molecule has 0 aromatic heterocycles. The van der Waals surface area contributed by atoms with Gasteiger partial charge in [0.2, 0.25) is 0 Å². The summed E-state index contributed by atoms with van der Waals surface area (Å²) in [6.45, 7) is 2.90. The number of benzene rings is 1. The van der Waals surface area contributed by atoms with Crippen molar-refractivity contribution < 1.29 is 4.79 Å². The molecule has 0 radical (unpaired) electrons. The largest absolute Gasteiger partial charge is 0.338 e. The first-order chi connectivity index (χ1) is 9.67. The first-order valence-corrected chi connectivity index (χ1v) is 6.91. The summed E-state index contributed by atoms with van der Waals surface area (Å²) in [4.78, 5) is 14.1. The van der Waals surface area contributed by atoms with Crippen LogP contribution in [-0.2, 0) is 0 Å². The molecule has 0 unspecified atom stereocenters. The molecule has 5 heteroatoms. The summed E-state index contributed by atoms with van der Waals surface area (Å²) in [5.41, 5.74) is 1.18. The van der Waals surface area contributed by atoms with Gasteiger partial charge in [-0.1, -0.05) is 6.07 Å². The van der Waals surface area contributed by atoms with Crippen LogP contribution in [0.1, 0.15) is 18.4 Å². The summed E-state index contributed by atoms with van der Waals surface area (Å²) in [5, 5.41) is 14.5. The third-order valence-electron chi connectivity index (χ3n) is 3.64. The Hall–Kier alpha value is -2.06.